The first-order valence-electron chi connectivity index (χ1n) is 10.3. The quantitative estimate of drug-likeness (QED) is 0.307. The third-order valence-corrected chi connectivity index (χ3v) is 5.21. The number of amides is 2. The highest BCUT2D eigenvalue weighted by Gasteiger charge is 2.17. The second-order valence-electron chi connectivity index (χ2n) is 7.37. The summed E-state index contributed by atoms with van der Waals surface area (Å²) in [5.41, 5.74) is 5.62. The molecule has 0 unspecified atom stereocenters. The van der Waals surface area contributed by atoms with E-state index in [1.165, 1.54) is 13.2 Å². The van der Waals surface area contributed by atoms with Crippen LogP contribution in [0.2, 0.25) is 5.02 Å². The molecule has 2 N–H and O–H groups in total. The summed E-state index contributed by atoms with van der Waals surface area (Å²) >= 11 is 6.03. The molecule has 4 rings (SSSR count). The molecular weight excluding hydrogens is 456 g/mol. The first-order valence-corrected chi connectivity index (χ1v) is 10.7. The van der Waals surface area contributed by atoms with E-state index in [1.807, 2.05) is 24.3 Å². The molecule has 172 valence electrons. The molecule has 0 atom stereocenters. The number of fused-ring (bicyclic) bond motifs is 1. The van der Waals surface area contributed by atoms with Crippen LogP contribution < -0.4 is 15.5 Å². The van der Waals surface area contributed by atoms with E-state index in [0.29, 0.717) is 28.7 Å². The molecule has 34 heavy (non-hydrogen) atoms. The van der Waals surface area contributed by atoms with E-state index in [4.69, 9.17) is 16.3 Å². The molecule has 0 radical (unpaired) electrons. The first-order chi connectivity index (χ1) is 16.5. The molecule has 0 spiro atoms. The molecule has 0 saturated heterocycles. The van der Waals surface area contributed by atoms with E-state index in [1.54, 1.807) is 48.0 Å². The fourth-order valence-corrected chi connectivity index (χ4v) is 3.50. The third-order valence-electron chi connectivity index (χ3n) is 4.97. The summed E-state index contributed by atoms with van der Waals surface area (Å²) in [5, 5.41) is 15.5. The van der Waals surface area contributed by atoms with Gasteiger partial charge in [-0.05, 0) is 49.4 Å². The number of benzene rings is 3. The topological polar surface area (TPSA) is 110 Å². The van der Waals surface area contributed by atoms with Crippen molar-refractivity contribution in [3.05, 3.63) is 82.9 Å². The lowest BCUT2D eigenvalue weighted by Crippen LogP contribution is -2.23. The fraction of sp³-hybridized carbons (Fsp3) is 0.125. The van der Waals surface area contributed by atoms with Crippen molar-refractivity contribution in [2.24, 2.45) is 5.10 Å². The van der Waals surface area contributed by atoms with Crippen LogP contribution in [0.4, 0.5) is 5.69 Å². The Morgan fingerprint density at radius 1 is 1.03 bits per heavy atom. The van der Waals surface area contributed by atoms with Crippen LogP contribution in [0.1, 0.15) is 27.6 Å². The van der Waals surface area contributed by atoms with Crippen LogP contribution in [0.15, 0.2) is 71.8 Å². The van der Waals surface area contributed by atoms with Gasteiger partial charge in [-0.3, -0.25) is 9.59 Å². The van der Waals surface area contributed by atoms with E-state index >= 15 is 0 Å². The van der Waals surface area contributed by atoms with Gasteiger partial charge < -0.3 is 10.1 Å². The molecule has 0 saturated carbocycles. The summed E-state index contributed by atoms with van der Waals surface area (Å²) in [4.78, 5) is 25.7. The number of methoxy groups -OCH3 is 1. The van der Waals surface area contributed by atoms with Crippen LogP contribution in [-0.2, 0) is 6.54 Å². The van der Waals surface area contributed by atoms with Gasteiger partial charge in [0.05, 0.1) is 41.7 Å². The molecule has 0 bridgehead atoms. The van der Waals surface area contributed by atoms with Crippen molar-refractivity contribution in [2.75, 3.05) is 12.4 Å². The molecule has 0 fully saturated rings. The Morgan fingerprint density at radius 3 is 2.62 bits per heavy atom. The molecule has 1 heterocycles. The van der Waals surface area contributed by atoms with Crippen molar-refractivity contribution < 1.29 is 14.3 Å². The Balaban J connectivity index is 1.48. The lowest BCUT2D eigenvalue weighted by Gasteiger charge is -2.12. The van der Waals surface area contributed by atoms with Crippen LogP contribution in [0, 0.1) is 0 Å². The van der Waals surface area contributed by atoms with Crippen molar-refractivity contribution in [1.29, 1.82) is 0 Å². The summed E-state index contributed by atoms with van der Waals surface area (Å²) in [7, 11) is 1.46. The summed E-state index contributed by atoms with van der Waals surface area (Å²) in [6, 6.07) is 18.9. The van der Waals surface area contributed by atoms with Crippen LogP contribution in [-0.4, -0.2) is 39.6 Å². The lowest BCUT2D eigenvalue weighted by atomic mass is 10.1. The van der Waals surface area contributed by atoms with Crippen molar-refractivity contribution >= 4 is 45.8 Å². The van der Waals surface area contributed by atoms with Crippen LogP contribution in [0.25, 0.3) is 11.0 Å². The van der Waals surface area contributed by atoms with Gasteiger partial charge in [0.15, 0.2) is 0 Å². The smallest absolute Gasteiger partial charge is 0.273 e. The third kappa shape index (κ3) is 5.05. The van der Waals surface area contributed by atoms with Gasteiger partial charge in [0.25, 0.3) is 11.8 Å². The number of nitrogens with one attached hydrogen (secondary N) is 2. The molecule has 0 aliphatic heterocycles. The monoisotopic (exact) mass is 476 g/mol. The van der Waals surface area contributed by atoms with Crippen molar-refractivity contribution in [3.63, 3.8) is 0 Å². The van der Waals surface area contributed by atoms with Gasteiger partial charge in [-0.2, -0.15) is 5.10 Å². The number of ether oxygens (including phenoxy) is 1. The van der Waals surface area contributed by atoms with Crippen LogP contribution in [0.3, 0.4) is 0 Å². The predicted octanol–water partition coefficient (Wildman–Crippen LogP) is 4.15. The number of anilines is 1. The van der Waals surface area contributed by atoms with Gasteiger partial charge in [0.2, 0.25) is 0 Å². The number of para-hydroxylation sites is 2. The zero-order valence-corrected chi connectivity index (χ0v) is 19.2. The number of hydrazone groups is 1. The maximum atomic E-state index is 12.8. The molecule has 1 aromatic heterocycles. The molecule has 2 amide bonds. The van der Waals surface area contributed by atoms with Crippen molar-refractivity contribution in [2.45, 2.75) is 13.5 Å². The van der Waals surface area contributed by atoms with E-state index in [0.717, 1.165) is 11.0 Å². The standard InChI is InChI=1S/C24H21ClN6O3/c1-15(14-31-21-10-6-5-9-20(21)28-30-31)27-29-24(33)17-7-3-4-8-19(17)26-23(32)18-13-16(25)11-12-22(18)34-2/h3-13H,14H2,1-2H3,(H,26,32)(H,29,33)/b27-15+. The summed E-state index contributed by atoms with van der Waals surface area (Å²) in [5.74, 6) is -0.571. The number of aromatic nitrogens is 3. The number of rotatable bonds is 7. The second-order valence-corrected chi connectivity index (χ2v) is 7.80. The zero-order valence-electron chi connectivity index (χ0n) is 18.4. The Bertz CT molecular complexity index is 1400. The van der Waals surface area contributed by atoms with Gasteiger partial charge in [-0.1, -0.05) is 41.1 Å². The Labute approximate surface area is 200 Å². The van der Waals surface area contributed by atoms with Crippen molar-refractivity contribution in [3.8, 4) is 5.75 Å². The van der Waals surface area contributed by atoms with Gasteiger partial charge in [0.1, 0.15) is 11.3 Å². The van der Waals surface area contributed by atoms with Crippen LogP contribution in [0.5, 0.6) is 5.75 Å². The highest BCUT2D eigenvalue weighted by atomic mass is 35.5. The number of carbonyl (C=O) groups is 2. The maximum Gasteiger partial charge on any atom is 0.273 e. The van der Waals surface area contributed by atoms with Gasteiger partial charge in [0, 0.05) is 5.02 Å². The molecule has 4 aromatic rings. The van der Waals surface area contributed by atoms with Gasteiger partial charge >= 0.3 is 0 Å². The number of halogens is 1. The van der Waals surface area contributed by atoms with Gasteiger partial charge in [-0.25, -0.2) is 10.1 Å². The Hall–Kier alpha value is -4.24. The van der Waals surface area contributed by atoms with E-state index in [-0.39, 0.29) is 11.1 Å². The lowest BCUT2D eigenvalue weighted by molar-refractivity contribution is 0.0955. The number of hydrogen-bond donors (Lipinski definition) is 2. The zero-order chi connectivity index (χ0) is 24.1. The summed E-state index contributed by atoms with van der Waals surface area (Å²) in [6.07, 6.45) is 0. The highest BCUT2D eigenvalue weighted by molar-refractivity contribution is 6.31. The summed E-state index contributed by atoms with van der Waals surface area (Å²) in [6.45, 7) is 2.13. The molecular formula is C24H21ClN6O3. The van der Waals surface area contributed by atoms with E-state index < -0.39 is 11.8 Å². The normalized spacial score (nSPS) is 11.3. The van der Waals surface area contributed by atoms with Crippen LogP contribution >= 0.6 is 11.6 Å². The minimum Gasteiger partial charge on any atom is -0.496 e. The van der Waals surface area contributed by atoms with Crippen molar-refractivity contribution in [1.82, 2.24) is 20.4 Å². The van der Waals surface area contributed by atoms with E-state index in [2.05, 4.69) is 26.2 Å². The minimum absolute atomic E-state index is 0.249. The van der Waals surface area contributed by atoms with E-state index in [9.17, 15) is 9.59 Å². The highest BCUT2D eigenvalue weighted by Crippen LogP contribution is 2.24. The molecule has 9 nitrogen and oxygen atoms in total. The summed E-state index contributed by atoms with van der Waals surface area (Å²) < 4.78 is 6.94. The fourth-order valence-electron chi connectivity index (χ4n) is 3.33. The molecule has 10 heteroatoms. The Morgan fingerprint density at radius 2 is 1.79 bits per heavy atom. The largest absolute Gasteiger partial charge is 0.496 e. The molecule has 0 aliphatic carbocycles. The predicted molar refractivity (Wildman–Crippen MR) is 131 cm³/mol. The first kappa shape index (κ1) is 22.9. The minimum atomic E-state index is -0.475. The average molecular weight is 477 g/mol. The van der Waals surface area contributed by atoms with Gasteiger partial charge in [-0.15, -0.1) is 5.10 Å². The molecule has 3 aromatic carbocycles. The Kier molecular flexibility index (Phi) is 6.84. The second kappa shape index (κ2) is 10.1. The molecule has 0 aliphatic rings. The number of hydrogen-bond acceptors (Lipinski definition) is 6. The maximum absolute atomic E-state index is 12.8. The number of nitrogens with zero attached hydrogens (tertiary/aromatic N) is 4. The average Bonchev–Trinajstić information content (AvgIpc) is 3.25. The SMILES string of the molecule is COc1ccc(Cl)cc1C(=O)Nc1ccccc1C(=O)N/N=C(\C)Cn1nnc2ccccc21. The number of carbonyl (C=O) groups excluding carboxylic acids is 2.